The maximum Gasteiger partial charge on any atom is 0.161 e. The smallest absolute Gasteiger partial charge is 0.161 e. The summed E-state index contributed by atoms with van der Waals surface area (Å²) in [6.45, 7) is 3.36. The number of imidazole rings is 1. The molecule has 0 spiro atoms. The average molecular weight is 415 g/mol. The number of hydrogen-bond donors (Lipinski definition) is 1. The van der Waals surface area contributed by atoms with Gasteiger partial charge in [-0.05, 0) is 60.0 Å². The Balaban J connectivity index is 1.35. The van der Waals surface area contributed by atoms with E-state index in [0.717, 1.165) is 34.9 Å². The highest BCUT2D eigenvalue weighted by Crippen LogP contribution is 2.29. The van der Waals surface area contributed by atoms with Gasteiger partial charge in [0.05, 0.1) is 13.4 Å². The predicted octanol–water partition coefficient (Wildman–Crippen LogP) is 4.71. The van der Waals surface area contributed by atoms with Gasteiger partial charge < -0.3 is 19.4 Å². The van der Waals surface area contributed by atoms with Crippen molar-refractivity contribution in [2.75, 3.05) is 7.11 Å². The van der Waals surface area contributed by atoms with Crippen LogP contribution in [0.2, 0.25) is 0 Å². The molecular weight excluding hydrogens is 388 g/mol. The Hall–Kier alpha value is -3.64. The van der Waals surface area contributed by atoms with Gasteiger partial charge in [-0.3, -0.25) is 4.98 Å². The Kier molecular flexibility index (Phi) is 6.59. The van der Waals surface area contributed by atoms with E-state index in [0.29, 0.717) is 6.61 Å². The van der Waals surface area contributed by atoms with E-state index in [-0.39, 0.29) is 6.04 Å². The number of hydrogen-bond acceptors (Lipinski definition) is 5. The molecule has 0 bridgehead atoms. The Morgan fingerprint density at radius 1 is 0.903 bits per heavy atom. The van der Waals surface area contributed by atoms with Crippen LogP contribution in [0.15, 0.2) is 85.7 Å². The molecule has 6 nitrogen and oxygen atoms in total. The van der Waals surface area contributed by atoms with E-state index < -0.39 is 0 Å². The maximum atomic E-state index is 5.93. The minimum absolute atomic E-state index is 0.213. The number of aromatic nitrogens is 3. The largest absolute Gasteiger partial charge is 0.493 e. The lowest BCUT2D eigenvalue weighted by Gasteiger charge is -2.16. The van der Waals surface area contributed by atoms with Crippen molar-refractivity contribution in [3.63, 3.8) is 0 Å². The molecule has 1 N–H and O–H groups in total. The molecule has 0 aliphatic carbocycles. The van der Waals surface area contributed by atoms with E-state index in [9.17, 15) is 0 Å². The molecular formula is C25H26N4O2. The number of nitrogens with one attached hydrogen (secondary N) is 1. The summed E-state index contributed by atoms with van der Waals surface area (Å²) >= 11 is 0. The second-order valence-corrected chi connectivity index (χ2v) is 7.29. The van der Waals surface area contributed by atoms with Crippen LogP contribution in [0.3, 0.4) is 0 Å². The third kappa shape index (κ3) is 5.29. The summed E-state index contributed by atoms with van der Waals surface area (Å²) in [4.78, 5) is 8.12. The van der Waals surface area contributed by atoms with E-state index >= 15 is 0 Å². The van der Waals surface area contributed by atoms with Gasteiger partial charge in [-0.25, -0.2) is 4.98 Å². The van der Waals surface area contributed by atoms with Crippen molar-refractivity contribution < 1.29 is 9.47 Å². The molecule has 1 atom stereocenters. The summed E-state index contributed by atoms with van der Waals surface area (Å²) in [6.07, 6.45) is 9.04. The summed E-state index contributed by atoms with van der Waals surface area (Å²) in [7, 11) is 1.66. The molecule has 4 rings (SSSR count). The van der Waals surface area contributed by atoms with Crippen LogP contribution in [0.4, 0.5) is 0 Å². The summed E-state index contributed by atoms with van der Waals surface area (Å²) < 4.78 is 13.5. The van der Waals surface area contributed by atoms with Crippen molar-refractivity contribution in [2.45, 2.75) is 26.1 Å². The third-order valence-electron chi connectivity index (χ3n) is 5.18. The van der Waals surface area contributed by atoms with Gasteiger partial charge in [0.2, 0.25) is 0 Å². The predicted molar refractivity (Wildman–Crippen MR) is 120 cm³/mol. The molecule has 0 amide bonds. The van der Waals surface area contributed by atoms with Gasteiger partial charge in [0.15, 0.2) is 11.5 Å². The molecule has 6 heteroatoms. The zero-order chi connectivity index (χ0) is 21.5. The van der Waals surface area contributed by atoms with Crippen LogP contribution in [0.25, 0.3) is 5.69 Å². The lowest BCUT2D eigenvalue weighted by molar-refractivity contribution is 0.284. The van der Waals surface area contributed by atoms with Crippen molar-refractivity contribution in [1.82, 2.24) is 19.9 Å². The number of benzene rings is 2. The van der Waals surface area contributed by atoms with E-state index in [4.69, 9.17) is 9.47 Å². The Bertz CT molecular complexity index is 1080. The van der Waals surface area contributed by atoms with Crippen molar-refractivity contribution >= 4 is 0 Å². The Labute approximate surface area is 182 Å². The van der Waals surface area contributed by atoms with Crippen molar-refractivity contribution in [3.8, 4) is 17.2 Å². The molecule has 2 aromatic heterocycles. The van der Waals surface area contributed by atoms with E-state index in [1.807, 2.05) is 35.0 Å². The highest BCUT2D eigenvalue weighted by atomic mass is 16.5. The first-order valence-electron chi connectivity index (χ1n) is 10.2. The van der Waals surface area contributed by atoms with Crippen LogP contribution in [0, 0.1) is 0 Å². The summed E-state index contributed by atoms with van der Waals surface area (Å²) in [5.74, 6) is 1.46. The van der Waals surface area contributed by atoms with Crippen LogP contribution in [0.5, 0.6) is 11.5 Å². The average Bonchev–Trinajstić information content (AvgIpc) is 3.37. The van der Waals surface area contributed by atoms with E-state index in [1.165, 1.54) is 5.56 Å². The molecule has 0 saturated heterocycles. The number of rotatable bonds is 9. The topological polar surface area (TPSA) is 61.2 Å². The fourth-order valence-corrected chi connectivity index (χ4v) is 3.32. The molecule has 0 fully saturated rings. The summed E-state index contributed by atoms with van der Waals surface area (Å²) in [6, 6.07) is 18.6. The summed E-state index contributed by atoms with van der Waals surface area (Å²) in [5, 5.41) is 3.58. The molecule has 0 saturated carbocycles. The second-order valence-electron chi connectivity index (χ2n) is 7.29. The number of ether oxygens (including phenoxy) is 2. The van der Waals surface area contributed by atoms with Gasteiger partial charge in [0.25, 0.3) is 0 Å². The van der Waals surface area contributed by atoms with Gasteiger partial charge in [-0.15, -0.1) is 0 Å². The lowest BCUT2D eigenvalue weighted by Crippen LogP contribution is -2.18. The van der Waals surface area contributed by atoms with Crippen LogP contribution in [-0.4, -0.2) is 21.6 Å². The van der Waals surface area contributed by atoms with E-state index in [1.54, 1.807) is 32.0 Å². The fraction of sp³-hybridized carbons (Fsp3) is 0.200. The zero-order valence-electron chi connectivity index (χ0n) is 17.7. The highest BCUT2D eigenvalue weighted by Gasteiger charge is 2.09. The minimum atomic E-state index is 0.213. The molecule has 0 aliphatic rings. The number of methoxy groups -OCH3 is 1. The maximum absolute atomic E-state index is 5.93. The van der Waals surface area contributed by atoms with Crippen LogP contribution < -0.4 is 14.8 Å². The van der Waals surface area contributed by atoms with Gasteiger partial charge >= 0.3 is 0 Å². The molecule has 2 aromatic carbocycles. The monoisotopic (exact) mass is 414 g/mol. The molecule has 158 valence electrons. The van der Waals surface area contributed by atoms with Gasteiger partial charge in [0, 0.05) is 43.1 Å². The zero-order valence-corrected chi connectivity index (χ0v) is 17.7. The van der Waals surface area contributed by atoms with Crippen molar-refractivity contribution in [2.24, 2.45) is 0 Å². The van der Waals surface area contributed by atoms with Crippen LogP contribution >= 0.6 is 0 Å². The SMILES string of the molecule is COc1cc(CN[C@H](C)c2ccc(-n3ccnc3)cc2)ccc1OCc1ccncc1. The lowest BCUT2D eigenvalue weighted by atomic mass is 10.1. The van der Waals surface area contributed by atoms with E-state index in [2.05, 4.69) is 52.5 Å². The normalized spacial score (nSPS) is 11.8. The van der Waals surface area contributed by atoms with Gasteiger partial charge in [-0.1, -0.05) is 18.2 Å². The fourth-order valence-electron chi connectivity index (χ4n) is 3.32. The summed E-state index contributed by atoms with van der Waals surface area (Å²) in [5.41, 5.74) is 4.53. The molecule has 0 aliphatic heterocycles. The number of nitrogens with zero attached hydrogens (tertiary/aromatic N) is 3. The molecule has 4 aromatic rings. The second kappa shape index (κ2) is 9.91. The third-order valence-corrected chi connectivity index (χ3v) is 5.18. The molecule has 31 heavy (non-hydrogen) atoms. The highest BCUT2D eigenvalue weighted by molar-refractivity contribution is 5.43. The Morgan fingerprint density at radius 3 is 2.42 bits per heavy atom. The van der Waals surface area contributed by atoms with Gasteiger partial charge in [0.1, 0.15) is 6.61 Å². The molecule has 2 heterocycles. The minimum Gasteiger partial charge on any atom is -0.493 e. The molecule has 0 unspecified atom stereocenters. The first-order chi connectivity index (χ1) is 15.2. The molecule has 0 radical (unpaired) electrons. The Morgan fingerprint density at radius 2 is 1.71 bits per heavy atom. The standard InChI is InChI=1S/C25H26N4O2/c1-19(22-4-6-23(7-5-22)29-14-13-27-18-29)28-16-21-3-8-24(25(15-21)30-2)31-17-20-9-11-26-12-10-20/h3-15,18-19,28H,16-17H2,1-2H3/t19-/m1/s1. The first-order valence-corrected chi connectivity index (χ1v) is 10.2. The quantitative estimate of drug-likeness (QED) is 0.430. The van der Waals surface area contributed by atoms with Crippen molar-refractivity contribution in [1.29, 1.82) is 0 Å². The first kappa shape index (κ1) is 20.6. The van der Waals surface area contributed by atoms with Crippen LogP contribution in [0.1, 0.15) is 29.7 Å². The van der Waals surface area contributed by atoms with Crippen molar-refractivity contribution in [3.05, 3.63) is 102 Å². The van der Waals surface area contributed by atoms with Crippen LogP contribution in [-0.2, 0) is 13.2 Å². The number of pyridine rings is 1. The van der Waals surface area contributed by atoms with Gasteiger partial charge in [-0.2, -0.15) is 0 Å².